The van der Waals surface area contributed by atoms with Crippen LogP contribution >= 0.6 is 0 Å². The molecular weight excluding hydrogens is 210 g/mol. The molecule has 0 saturated heterocycles. The van der Waals surface area contributed by atoms with Crippen LogP contribution in [0.2, 0.25) is 0 Å². The smallest absolute Gasteiger partial charge is 0.0968 e. The van der Waals surface area contributed by atoms with E-state index in [-0.39, 0.29) is 0 Å². The average molecular weight is 229 g/mol. The molecular formula is C14H19N3. The zero-order valence-electron chi connectivity index (χ0n) is 10.5. The number of aromatic amines is 1. The molecule has 0 aliphatic rings. The Morgan fingerprint density at radius 2 is 1.94 bits per heavy atom. The lowest BCUT2D eigenvalue weighted by Crippen LogP contribution is -1.98. The molecule has 1 heterocycles. The van der Waals surface area contributed by atoms with Gasteiger partial charge in [0.2, 0.25) is 0 Å². The number of hydrogen-bond acceptors (Lipinski definition) is 2. The van der Waals surface area contributed by atoms with Gasteiger partial charge in [-0.15, -0.1) is 0 Å². The molecule has 17 heavy (non-hydrogen) atoms. The molecule has 0 unspecified atom stereocenters. The Kier molecular flexibility index (Phi) is 3.59. The minimum atomic E-state index is 0.522. The molecule has 0 amide bonds. The van der Waals surface area contributed by atoms with Gasteiger partial charge in [0, 0.05) is 23.4 Å². The van der Waals surface area contributed by atoms with Crippen molar-refractivity contribution in [2.24, 2.45) is 5.73 Å². The monoisotopic (exact) mass is 229 g/mol. The second kappa shape index (κ2) is 5.15. The van der Waals surface area contributed by atoms with Gasteiger partial charge in [-0.2, -0.15) is 5.10 Å². The molecule has 0 aliphatic carbocycles. The average Bonchev–Trinajstić information content (AvgIpc) is 2.72. The third kappa shape index (κ3) is 2.39. The van der Waals surface area contributed by atoms with E-state index in [2.05, 4.69) is 41.4 Å². The van der Waals surface area contributed by atoms with E-state index >= 15 is 0 Å². The number of benzene rings is 1. The molecule has 3 heteroatoms. The molecule has 0 fully saturated rings. The maximum atomic E-state index is 5.75. The van der Waals surface area contributed by atoms with Crippen LogP contribution in [0.1, 0.15) is 30.2 Å². The van der Waals surface area contributed by atoms with Crippen molar-refractivity contribution in [3.05, 3.63) is 41.1 Å². The second-order valence-corrected chi connectivity index (χ2v) is 4.33. The van der Waals surface area contributed by atoms with Crippen molar-refractivity contribution < 1.29 is 0 Å². The van der Waals surface area contributed by atoms with E-state index in [1.54, 1.807) is 0 Å². The Morgan fingerprint density at radius 3 is 2.53 bits per heavy atom. The van der Waals surface area contributed by atoms with Crippen LogP contribution in [0.15, 0.2) is 24.3 Å². The summed E-state index contributed by atoms with van der Waals surface area (Å²) in [4.78, 5) is 0. The lowest BCUT2D eigenvalue weighted by Gasteiger charge is -2.03. The summed E-state index contributed by atoms with van der Waals surface area (Å²) in [5, 5.41) is 7.32. The summed E-state index contributed by atoms with van der Waals surface area (Å²) in [5.74, 6) is 0. The van der Waals surface area contributed by atoms with Gasteiger partial charge in [0.25, 0.3) is 0 Å². The van der Waals surface area contributed by atoms with Crippen molar-refractivity contribution >= 4 is 0 Å². The fraction of sp³-hybridized carbons (Fsp3) is 0.357. The van der Waals surface area contributed by atoms with Crippen LogP contribution < -0.4 is 5.73 Å². The number of nitrogens with one attached hydrogen (secondary N) is 1. The third-order valence-electron chi connectivity index (χ3n) is 3.04. The number of H-pyrrole nitrogens is 1. The molecule has 0 atom stereocenters. The summed E-state index contributed by atoms with van der Waals surface area (Å²) in [6.07, 6.45) is 2.30. The van der Waals surface area contributed by atoms with Crippen molar-refractivity contribution in [1.82, 2.24) is 10.2 Å². The van der Waals surface area contributed by atoms with Gasteiger partial charge in [0.15, 0.2) is 0 Å². The van der Waals surface area contributed by atoms with E-state index in [9.17, 15) is 0 Å². The maximum absolute atomic E-state index is 5.75. The van der Waals surface area contributed by atoms with Crippen LogP contribution in [0.5, 0.6) is 0 Å². The van der Waals surface area contributed by atoms with E-state index < -0.39 is 0 Å². The number of aromatic nitrogens is 2. The quantitative estimate of drug-likeness (QED) is 0.847. The van der Waals surface area contributed by atoms with E-state index in [1.165, 1.54) is 12.0 Å². The Bertz CT molecular complexity index is 483. The molecule has 3 nitrogen and oxygen atoms in total. The lowest BCUT2D eigenvalue weighted by atomic mass is 10.0. The summed E-state index contributed by atoms with van der Waals surface area (Å²) in [7, 11) is 0. The van der Waals surface area contributed by atoms with E-state index in [1.807, 2.05) is 6.92 Å². The van der Waals surface area contributed by atoms with Gasteiger partial charge in [0.1, 0.15) is 0 Å². The molecule has 90 valence electrons. The molecule has 0 radical (unpaired) electrons. The van der Waals surface area contributed by atoms with Crippen LogP contribution in [0.25, 0.3) is 11.3 Å². The van der Waals surface area contributed by atoms with E-state index in [0.717, 1.165) is 28.9 Å². The molecule has 0 aliphatic heterocycles. The summed E-state index contributed by atoms with van der Waals surface area (Å²) in [6.45, 7) is 4.72. The largest absolute Gasteiger partial charge is 0.326 e. The van der Waals surface area contributed by atoms with Crippen molar-refractivity contribution in [2.45, 2.75) is 33.2 Å². The third-order valence-corrected chi connectivity index (χ3v) is 3.04. The van der Waals surface area contributed by atoms with Gasteiger partial charge in [-0.25, -0.2) is 0 Å². The van der Waals surface area contributed by atoms with Gasteiger partial charge in [-0.1, -0.05) is 37.6 Å². The first-order valence-electron chi connectivity index (χ1n) is 6.09. The van der Waals surface area contributed by atoms with Crippen LogP contribution in [0.3, 0.4) is 0 Å². The van der Waals surface area contributed by atoms with Gasteiger partial charge < -0.3 is 5.73 Å². The Hall–Kier alpha value is -1.61. The minimum absolute atomic E-state index is 0.522. The highest BCUT2D eigenvalue weighted by Crippen LogP contribution is 2.23. The molecule has 1 aromatic carbocycles. The fourth-order valence-electron chi connectivity index (χ4n) is 2.06. The second-order valence-electron chi connectivity index (χ2n) is 4.33. The predicted molar refractivity (Wildman–Crippen MR) is 70.6 cm³/mol. The van der Waals surface area contributed by atoms with Gasteiger partial charge >= 0.3 is 0 Å². The van der Waals surface area contributed by atoms with Gasteiger partial charge in [-0.3, -0.25) is 5.10 Å². The number of nitrogens with zero attached hydrogens (tertiary/aromatic N) is 1. The molecule has 3 N–H and O–H groups in total. The minimum Gasteiger partial charge on any atom is -0.326 e. The van der Waals surface area contributed by atoms with E-state index in [4.69, 9.17) is 5.73 Å². The number of hydrogen-bond donors (Lipinski definition) is 2. The Morgan fingerprint density at radius 1 is 1.24 bits per heavy atom. The SMILES string of the molecule is CCCc1ccc(-c2n[nH]c(C)c2CN)cc1. The fourth-order valence-corrected chi connectivity index (χ4v) is 2.06. The highest BCUT2D eigenvalue weighted by Gasteiger charge is 2.10. The standard InChI is InChI=1S/C14H19N3/c1-3-4-11-5-7-12(8-6-11)14-13(9-15)10(2)16-17-14/h5-8H,3-4,9,15H2,1-2H3,(H,16,17). The molecule has 0 saturated carbocycles. The van der Waals surface area contributed by atoms with Gasteiger partial charge in [-0.05, 0) is 18.9 Å². The van der Waals surface area contributed by atoms with Crippen LogP contribution in [-0.2, 0) is 13.0 Å². The van der Waals surface area contributed by atoms with Crippen LogP contribution in [-0.4, -0.2) is 10.2 Å². The first kappa shape index (κ1) is 11.9. The Balaban J connectivity index is 2.33. The lowest BCUT2D eigenvalue weighted by molar-refractivity contribution is 0.922. The van der Waals surface area contributed by atoms with Crippen LogP contribution in [0, 0.1) is 6.92 Å². The highest BCUT2D eigenvalue weighted by atomic mass is 15.1. The molecule has 2 aromatic rings. The van der Waals surface area contributed by atoms with Crippen molar-refractivity contribution in [1.29, 1.82) is 0 Å². The summed E-state index contributed by atoms with van der Waals surface area (Å²) in [6, 6.07) is 8.59. The zero-order valence-corrected chi connectivity index (χ0v) is 10.5. The first-order valence-corrected chi connectivity index (χ1v) is 6.09. The van der Waals surface area contributed by atoms with Gasteiger partial charge in [0.05, 0.1) is 5.69 Å². The predicted octanol–water partition coefficient (Wildman–Crippen LogP) is 2.80. The molecule has 0 bridgehead atoms. The Labute approximate surface area is 102 Å². The molecule has 2 rings (SSSR count). The summed E-state index contributed by atoms with van der Waals surface area (Å²) >= 11 is 0. The number of aryl methyl sites for hydroxylation is 2. The summed E-state index contributed by atoms with van der Waals surface area (Å²) in [5.41, 5.74) is 11.4. The maximum Gasteiger partial charge on any atom is 0.0968 e. The van der Waals surface area contributed by atoms with Crippen molar-refractivity contribution in [3.63, 3.8) is 0 Å². The van der Waals surface area contributed by atoms with Crippen molar-refractivity contribution in [3.8, 4) is 11.3 Å². The highest BCUT2D eigenvalue weighted by molar-refractivity contribution is 5.64. The summed E-state index contributed by atoms with van der Waals surface area (Å²) < 4.78 is 0. The van der Waals surface area contributed by atoms with Crippen molar-refractivity contribution in [2.75, 3.05) is 0 Å². The topological polar surface area (TPSA) is 54.7 Å². The van der Waals surface area contributed by atoms with Crippen LogP contribution in [0.4, 0.5) is 0 Å². The normalized spacial score (nSPS) is 10.8. The number of rotatable bonds is 4. The number of nitrogens with two attached hydrogens (primary N) is 1. The van der Waals surface area contributed by atoms with E-state index in [0.29, 0.717) is 6.54 Å². The molecule has 1 aromatic heterocycles. The zero-order chi connectivity index (χ0) is 12.3. The first-order chi connectivity index (χ1) is 8.26. The molecule has 0 spiro atoms.